The number of hydrogen-bond acceptors (Lipinski definition) is 5. The Bertz CT molecular complexity index is 988. The second kappa shape index (κ2) is 9.97. The van der Waals surface area contributed by atoms with E-state index >= 15 is 0 Å². The van der Waals surface area contributed by atoms with Crippen molar-refractivity contribution in [2.75, 3.05) is 0 Å². The number of rotatable bonds is 5. The largest absolute Gasteiger partial charge is 0.465 e. The number of nitrogens with one attached hydrogen (secondary N) is 1. The summed E-state index contributed by atoms with van der Waals surface area (Å²) < 4.78 is 70.7. The van der Waals surface area contributed by atoms with E-state index in [0.29, 0.717) is 25.7 Å². The predicted octanol–water partition coefficient (Wildman–Crippen LogP) is 4.90. The van der Waals surface area contributed by atoms with Crippen LogP contribution in [0.4, 0.5) is 18.0 Å². The van der Waals surface area contributed by atoms with E-state index in [0.717, 1.165) is 12.1 Å². The monoisotopic (exact) mass is 540 g/mol. The number of ether oxygens (including phenoxy) is 1. The van der Waals surface area contributed by atoms with Crippen molar-refractivity contribution in [2.24, 2.45) is 0 Å². The molecule has 0 radical (unpaired) electrons. The highest BCUT2D eigenvalue weighted by Crippen LogP contribution is 2.40. The van der Waals surface area contributed by atoms with Crippen molar-refractivity contribution in [2.45, 2.75) is 80.0 Å². The van der Waals surface area contributed by atoms with E-state index in [9.17, 15) is 26.4 Å². The van der Waals surface area contributed by atoms with E-state index in [2.05, 4.69) is 21.2 Å². The summed E-state index contributed by atoms with van der Waals surface area (Å²) >= 11 is 2.96. The lowest BCUT2D eigenvalue weighted by Gasteiger charge is -2.18. The van der Waals surface area contributed by atoms with Crippen molar-refractivity contribution >= 4 is 31.9 Å². The average Bonchev–Trinajstić information content (AvgIpc) is 3.26. The maximum atomic E-state index is 13.2. The van der Waals surface area contributed by atoms with Crippen LogP contribution in [0.1, 0.15) is 51.5 Å². The summed E-state index contributed by atoms with van der Waals surface area (Å²) in [5.41, 5.74) is -1.86. The number of nitriles is 1. The molecule has 0 spiro atoms. The number of carbonyl (C=O) groups is 1. The van der Waals surface area contributed by atoms with E-state index in [1.165, 1.54) is 6.07 Å². The Morgan fingerprint density at radius 2 is 1.97 bits per heavy atom. The van der Waals surface area contributed by atoms with Gasteiger partial charge in [0.05, 0.1) is 34.0 Å². The van der Waals surface area contributed by atoms with Crippen LogP contribution in [0.3, 0.4) is 0 Å². The molecule has 2 fully saturated rings. The van der Waals surface area contributed by atoms with Crippen LogP contribution in [0, 0.1) is 11.3 Å². The summed E-state index contributed by atoms with van der Waals surface area (Å²) in [5.74, 6) is 0. The zero-order valence-corrected chi connectivity index (χ0v) is 19.8. The van der Waals surface area contributed by atoms with Crippen molar-refractivity contribution in [3.63, 3.8) is 0 Å². The molecule has 2 atom stereocenters. The standard InChI is InChI=1S/C15H18BrF3O3S.C5H6N2O2/c1-9(2)22-11-4-5-12(8-11)23(20,21)14-6-3-10(16)7-13(14)15(17,18)19;6-3-5(1-2-5)7-4(8)9/h3,6-7,9,11-12H,4-5,8H2,1-2H3;7H,1-2H2,(H,8,9)/t11-,12-;/m1./s1. The summed E-state index contributed by atoms with van der Waals surface area (Å²) in [4.78, 5) is 9.30. The molecule has 2 saturated carbocycles. The Morgan fingerprint density at radius 1 is 1.34 bits per heavy atom. The maximum Gasteiger partial charge on any atom is 0.417 e. The van der Waals surface area contributed by atoms with Gasteiger partial charge in [0.2, 0.25) is 0 Å². The molecule has 0 bridgehead atoms. The smallest absolute Gasteiger partial charge is 0.417 e. The van der Waals surface area contributed by atoms with Gasteiger partial charge in [-0.25, -0.2) is 13.2 Å². The second-order valence-corrected chi connectivity index (χ2v) is 11.2. The minimum atomic E-state index is -4.72. The third kappa shape index (κ3) is 6.83. The summed E-state index contributed by atoms with van der Waals surface area (Å²) in [6.07, 6.45) is -3.72. The molecule has 32 heavy (non-hydrogen) atoms. The lowest BCUT2D eigenvalue weighted by Crippen LogP contribution is -2.33. The van der Waals surface area contributed by atoms with Gasteiger partial charge in [-0.15, -0.1) is 0 Å². The SMILES string of the molecule is CC(C)O[C@@H]1CC[C@@H](S(=O)(=O)c2ccc(Br)cc2C(F)(F)F)C1.N#CC1(NC(=O)O)CC1. The lowest BCUT2D eigenvalue weighted by atomic mass is 10.2. The van der Waals surface area contributed by atoms with E-state index < -0.39 is 43.4 Å². The van der Waals surface area contributed by atoms with Crippen molar-refractivity contribution in [1.29, 1.82) is 5.26 Å². The molecule has 0 aromatic heterocycles. The number of amides is 1. The van der Waals surface area contributed by atoms with Gasteiger partial charge < -0.3 is 15.2 Å². The summed E-state index contributed by atoms with van der Waals surface area (Å²) in [5, 5.41) is 17.8. The fourth-order valence-corrected chi connectivity index (χ4v) is 5.81. The molecule has 2 aliphatic carbocycles. The third-order valence-corrected chi connectivity index (χ3v) is 7.87. The Hall–Kier alpha value is -1.84. The first-order valence-corrected chi connectivity index (χ1v) is 12.2. The van der Waals surface area contributed by atoms with Gasteiger partial charge >= 0.3 is 12.3 Å². The molecule has 178 valence electrons. The fourth-order valence-electron chi connectivity index (χ4n) is 3.44. The van der Waals surface area contributed by atoms with Crippen LogP contribution < -0.4 is 5.32 Å². The Kier molecular flexibility index (Phi) is 8.23. The topological polar surface area (TPSA) is 116 Å². The molecule has 0 aliphatic heterocycles. The molecule has 7 nitrogen and oxygen atoms in total. The van der Waals surface area contributed by atoms with E-state index in [1.54, 1.807) is 0 Å². The van der Waals surface area contributed by atoms with Gasteiger partial charge in [0.25, 0.3) is 0 Å². The fraction of sp³-hybridized carbons (Fsp3) is 0.600. The molecule has 0 heterocycles. The summed E-state index contributed by atoms with van der Waals surface area (Å²) in [7, 11) is -4.06. The first-order valence-electron chi connectivity index (χ1n) is 9.88. The molecule has 2 N–H and O–H groups in total. The Morgan fingerprint density at radius 3 is 2.41 bits per heavy atom. The lowest BCUT2D eigenvalue weighted by molar-refractivity contribution is -0.139. The highest BCUT2D eigenvalue weighted by Gasteiger charge is 2.45. The number of alkyl halides is 3. The maximum absolute atomic E-state index is 13.2. The number of hydrogen-bond donors (Lipinski definition) is 2. The number of benzene rings is 1. The summed E-state index contributed by atoms with van der Waals surface area (Å²) in [6, 6.07) is 5.05. The van der Waals surface area contributed by atoms with Crippen LogP contribution in [-0.4, -0.2) is 42.6 Å². The van der Waals surface area contributed by atoms with Crippen LogP contribution in [-0.2, 0) is 20.8 Å². The predicted molar refractivity (Wildman–Crippen MR) is 113 cm³/mol. The van der Waals surface area contributed by atoms with Crippen LogP contribution >= 0.6 is 15.9 Å². The Labute approximate surface area is 193 Å². The van der Waals surface area contributed by atoms with Gasteiger partial charge in [-0.2, -0.15) is 18.4 Å². The minimum absolute atomic E-state index is 0.0418. The zero-order chi connectivity index (χ0) is 24.3. The van der Waals surface area contributed by atoms with Gasteiger partial charge in [0, 0.05) is 4.47 Å². The van der Waals surface area contributed by atoms with Gasteiger partial charge in [0.15, 0.2) is 9.84 Å². The first kappa shape index (κ1) is 26.4. The zero-order valence-electron chi connectivity index (χ0n) is 17.4. The van der Waals surface area contributed by atoms with E-state index in [-0.39, 0.29) is 23.1 Å². The number of nitrogens with zero attached hydrogens (tertiary/aromatic N) is 1. The molecule has 1 aromatic rings. The molecule has 1 aromatic carbocycles. The van der Waals surface area contributed by atoms with Crippen molar-refractivity contribution < 1.29 is 36.2 Å². The Balaban J connectivity index is 0.000000336. The van der Waals surface area contributed by atoms with Crippen molar-refractivity contribution in [3.8, 4) is 6.07 Å². The van der Waals surface area contributed by atoms with Crippen LogP contribution in [0.2, 0.25) is 0 Å². The van der Waals surface area contributed by atoms with Crippen molar-refractivity contribution in [3.05, 3.63) is 28.2 Å². The second-order valence-electron chi connectivity index (χ2n) is 8.05. The van der Waals surface area contributed by atoms with E-state index in [1.807, 2.05) is 19.9 Å². The minimum Gasteiger partial charge on any atom is -0.465 e. The number of carboxylic acid groups (broad SMARTS) is 1. The highest BCUT2D eigenvalue weighted by molar-refractivity contribution is 9.10. The molecule has 2 aliphatic rings. The average molecular weight is 541 g/mol. The highest BCUT2D eigenvalue weighted by atomic mass is 79.9. The molecule has 3 rings (SSSR count). The van der Waals surface area contributed by atoms with Crippen LogP contribution in [0.5, 0.6) is 0 Å². The summed E-state index contributed by atoms with van der Waals surface area (Å²) in [6.45, 7) is 3.69. The van der Waals surface area contributed by atoms with Gasteiger partial charge in [-0.3, -0.25) is 0 Å². The van der Waals surface area contributed by atoms with E-state index in [4.69, 9.17) is 15.1 Å². The van der Waals surface area contributed by atoms with Gasteiger partial charge in [-0.05, 0) is 64.2 Å². The van der Waals surface area contributed by atoms with Gasteiger partial charge in [-0.1, -0.05) is 15.9 Å². The normalized spacial score (nSPS) is 21.9. The third-order valence-electron chi connectivity index (χ3n) is 5.10. The number of halogens is 4. The quantitative estimate of drug-likeness (QED) is 0.548. The molecule has 0 unspecified atom stereocenters. The van der Waals surface area contributed by atoms with Crippen molar-refractivity contribution in [1.82, 2.24) is 5.32 Å². The molecular weight excluding hydrogens is 517 g/mol. The van der Waals surface area contributed by atoms with Gasteiger partial charge in [0.1, 0.15) is 5.54 Å². The number of sulfone groups is 1. The molecule has 1 amide bonds. The molecule has 12 heteroatoms. The van der Waals surface area contributed by atoms with Crippen LogP contribution in [0.15, 0.2) is 27.6 Å². The van der Waals surface area contributed by atoms with Crippen LogP contribution in [0.25, 0.3) is 0 Å². The molecular formula is C20H24BrF3N2O5S. The first-order chi connectivity index (χ1) is 14.7. The molecule has 0 saturated heterocycles.